The van der Waals surface area contributed by atoms with Crippen molar-refractivity contribution in [3.8, 4) is 0 Å². The SMILES string of the molecule is Cc1nc(C2CCCO2)ncc1C(=O)O. The zero-order chi connectivity index (χ0) is 10.8. The van der Waals surface area contributed by atoms with E-state index in [0.29, 0.717) is 11.5 Å². The molecule has 1 fully saturated rings. The molecule has 1 aromatic rings. The number of hydrogen-bond acceptors (Lipinski definition) is 4. The number of rotatable bonds is 2. The minimum atomic E-state index is -0.994. The van der Waals surface area contributed by atoms with Crippen LogP contribution in [-0.2, 0) is 4.74 Å². The Morgan fingerprint density at radius 1 is 1.67 bits per heavy atom. The molecule has 80 valence electrons. The predicted molar refractivity (Wildman–Crippen MR) is 51.7 cm³/mol. The molecule has 5 nitrogen and oxygen atoms in total. The summed E-state index contributed by atoms with van der Waals surface area (Å²) in [5.74, 6) is -0.401. The highest BCUT2D eigenvalue weighted by molar-refractivity contribution is 5.88. The van der Waals surface area contributed by atoms with Gasteiger partial charge in [-0.2, -0.15) is 0 Å². The third-order valence-electron chi connectivity index (χ3n) is 2.45. The van der Waals surface area contributed by atoms with Crippen molar-refractivity contribution < 1.29 is 14.6 Å². The Labute approximate surface area is 87.1 Å². The fourth-order valence-electron chi connectivity index (χ4n) is 1.63. The molecular weight excluding hydrogens is 196 g/mol. The molecule has 2 rings (SSSR count). The topological polar surface area (TPSA) is 72.3 Å². The molecule has 15 heavy (non-hydrogen) atoms. The van der Waals surface area contributed by atoms with Gasteiger partial charge in [0.25, 0.3) is 0 Å². The molecule has 0 aliphatic carbocycles. The van der Waals surface area contributed by atoms with Crippen LogP contribution in [0.1, 0.15) is 40.8 Å². The van der Waals surface area contributed by atoms with Crippen LogP contribution in [0.5, 0.6) is 0 Å². The molecule has 0 radical (unpaired) electrons. The van der Waals surface area contributed by atoms with Gasteiger partial charge in [0.15, 0.2) is 5.82 Å². The van der Waals surface area contributed by atoms with Crippen LogP contribution >= 0.6 is 0 Å². The van der Waals surface area contributed by atoms with Gasteiger partial charge in [-0.25, -0.2) is 14.8 Å². The van der Waals surface area contributed by atoms with Gasteiger partial charge in [-0.3, -0.25) is 0 Å². The maximum atomic E-state index is 10.7. The summed E-state index contributed by atoms with van der Waals surface area (Å²) in [6.45, 7) is 2.40. The van der Waals surface area contributed by atoms with Crippen LogP contribution in [0.25, 0.3) is 0 Å². The number of carbonyl (C=O) groups is 1. The Hall–Kier alpha value is -1.49. The summed E-state index contributed by atoms with van der Waals surface area (Å²) >= 11 is 0. The maximum Gasteiger partial charge on any atom is 0.339 e. The van der Waals surface area contributed by atoms with E-state index in [1.165, 1.54) is 6.20 Å². The normalized spacial score (nSPS) is 20.5. The molecular formula is C10H12N2O3. The van der Waals surface area contributed by atoms with Crippen LogP contribution in [0.2, 0.25) is 0 Å². The fraction of sp³-hybridized carbons (Fsp3) is 0.500. The summed E-state index contributed by atoms with van der Waals surface area (Å²) in [6, 6.07) is 0. The first-order valence-electron chi connectivity index (χ1n) is 4.87. The average Bonchev–Trinajstić information content (AvgIpc) is 2.69. The van der Waals surface area contributed by atoms with Gasteiger partial charge in [0.05, 0.1) is 11.3 Å². The van der Waals surface area contributed by atoms with Crippen molar-refractivity contribution in [2.24, 2.45) is 0 Å². The summed E-state index contributed by atoms with van der Waals surface area (Å²) in [7, 11) is 0. The molecule has 0 bridgehead atoms. The smallest absolute Gasteiger partial charge is 0.339 e. The highest BCUT2D eigenvalue weighted by Gasteiger charge is 2.21. The van der Waals surface area contributed by atoms with Gasteiger partial charge >= 0.3 is 5.97 Å². The first kappa shape index (κ1) is 10.0. The van der Waals surface area contributed by atoms with E-state index < -0.39 is 5.97 Å². The number of aromatic nitrogens is 2. The van der Waals surface area contributed by atoms with Gasteiger partial charge < -0.3 is 9.84 Å². The Balaban J connectivity index is 2.28. The minimum Gasteiger partial charge on any atom is -0.478 e. The maximum absolute atomic E-state index is 10.7. The summed E-state index contributed by atoms with van der Waals surface area (Å²) in [4.78, 5) is 18.9. The summed E-state index contributed by atoms with van der Waals surface area (Å²) in [5, 5.41) is 8.81. The molecule has 0 saturated carbocycles. The monoisotopic (exact) mass is 208 g/mol. The lowest BCUT2D eigenvalue weighted by Gasteiger charge is -2.08. The van der Waals surface area contributed by atoms with E-state index in [1.807, 2.05) is 0 Å². The van der Waals surface area contributed by atoms with Gasteiger partial charge in [0, 0.05) is 12.8 Å². The van der Waals surface area contributed by atoms with E-state index in [9.17, 15) is 4.79 Å². The number of carboxylic acids is 1. The number of nitrogens with zero attached hydrogens (tertiary/aromatic N) is 2. The number of hydrogen-bond donors (Lipinski definition) is 1. The zero-order valence-electron chi connectivity index (χ0n) is 8.43. The minimum absolute atomic E-state index is 0.0634. The molecule has 5 heteroatoms. The lowest BCUT2D eigenvalue weighted by molar-refractivity contribution is 0.0693. The van der Waals surface area contributed by atoms with E-state index >= 15 is 0 Å². The van der Waals surface area contributed by atoms with Crippen LogP contribution in [0.15, 0.2) is 6.20 Å². The van der Waals surface area contributed by atoms with Crippen LogP contribution in [-0.4, -0.2) is 27.7 Å². The Morgan fingerprint density at radius 3 is 3.00 bits per heavy atom. The molecule has 1 aliphatic rings. The molecule has 1 aliphatic heterocycles. The Morgan fingerprint density at radius 2 is 2.47 bits per heavy atom. The molecule has 1 unspecified atom stereocenters. The third-order valence-corrected chi connectivity index (χ3v) is 2.45. The van der Waals surface area contributed by atoms with Crippen molar-refractivity contribution in [1.29, 1.82) is 0 Å². The number of carboxylic acid groups (broad SMARTS) is 1. The quantitative estimate of drug-likeness (QED) is 0.793. The van der Waals surface area contributed by atoms with Gasteiger partial charge in [0.2, 0.25) is 0 Å². The van der Waals surface area contributed by atoms with E-state index in [1.54, 1.807) is 6.92 Å². The van der Waals surface area contributed by atoms with Crippen molar-refractivity contribution in [2.75, 3.05) is 6.61 Å². The van der Waals surface area contributed by atoms with Crippen LogP contribution in [0.3, 0.4) is 0 Å². The van der Waals surface area contributed by atoms with Gasteiger partial charge in [-0.1, -0.05) is 0 Å². The molecule has 0 amide bonds. The molecule has 0 aromatic carbocycles. The highest BCUT2D eigenvalue weighted by Crippen LogP contribution is 2.25. The van der Waals surface area contributed by atoms with Crippen molar-refractivity contribution >= 4 is 5.97 Å². The van der Waals surface area contributed by atoms with Gasteiger partial charge in [0.1, 0.15) is 6.10 Å². The highest BCUT2D eigenvalue weighted by atomic mass is 16.5. The van der Waals surface area contributed by atoms with Gasteiger partial charge in [-0.15, -0.1) is 0 Å². The average molecular weight is 208 g/mol. The first-order chi connectivity index (χ1) is 7.18. The first-order valence-corrected chi connectivity index (χ1v) is 4.87. The summed E-state index contributed by atoms with van der Waals surface area (Å²) < 4.78 is 5.42. The van der Waals surface area contributed by atoms with E-state index in [0.717, 1.165) is 19.4 Å². The van der Waals surface area contributed by atoms with Crippen molar-refractivity contribution in [3.05, 3.63) is 23.3 Å². The van der Waals surface area contributed by atoms with Crippen LogP contribution < -0.4 is 0 Å². The molecule has 0 spiro atoms. The number of aryl methyl sites for hydroxylation is 1. The molecule has 1 saturated heterocycles. The van der Waals surface area contributed by atoms with E-state index in [-0.39, 0.29) is 11.7 Å². The van der Waals surface area contributed by atoms with Crippen molar-refractivity contribution in [1.82, 2.24) is 9.97 Å². The standard InChI is InChI=1S/C10H12N2O3/c1-6-7(10(13)14)5-11-9(12-6)8-3-2-4-15-8/h5,8H,2-4H2,1H3,(H,13,14). The number of ether oxygens (including phenoxy) is 1. The molecule has 1 atom stereocenters. The van der Waals surface area contributed by atoms with E-state index in [4.69, 9.17) is 9.84 Å². The third kappa shape index (κ3) is 1.97. The second kappa shape index (κ2) is 3.94. The summed E-state index contributed by atoms with van der Waals surface area (Å²) in [5.41, 5.74) is 0.639. The van der Waals surface area contributed by atoms with Gasteiger partial charge in [-0.05, 0) is 19.8 Å². The summed E-state index contributed by atoms with van der Waals surface area (Å²) in [6.07, 6.45) is 3.20. The second-order valence-electron chi connectivity index (χ2n) is 3.53. The van der Waals surface area contributed by atoms with Crippen LogP contribution in [0, 0.1) is 6.92 Å². The molecule has 1 N–H and O–H groups in total. The Kier molecular flexibility index (Phi) is 2.64. The van der Waals surface area contributed by atoms with E-state index in [2.05, 4.69) is 9.97 Å². The Bertz CT molecular complexity index is 386. The van der Waals surface area contributed by atoms with Crippen LogP contribution in [0.4, 0.5) is 0 Å². The largest absolute Gasteiger partial charge is 0.478 e. The predicted octanol–water partition coefficient (Wildman–Crippen LogP) is 1.33. The molecule has 1 aromatic heterocycles. The number of aromatic carboxylic acids is 1. The second-order valence-corrected chi connectivity index (χ2v) is 3.53. The lowest BCUT2D eigenvalue weighted by Crippen LogP contribution is -2.09. The zero-order valence-corrected chi connectivity index (χ0v) is 8.43. The van der Waals surface area contributed by atoms with Crippen molar-refractivity contribution in [2.45, 2.75) is 25.9 Å². The molecule has 2 heterocycles. The van der Waals surface area contributed by atoms with Crippen molar-refractivity contribution in [3.63, 3.8) is 0 Å². The fourth-order valence-corrected chi connectivity index (χ4v) is 1.63. The lowest BCUT2D eigenvalue weighted by atomic mass is 10.2.